The van der Waals surface area contributed by atoms with Crippen LogP contribution in [-0.4, -0.2) is 22.4 Å². The Morgan fingerprint density at radius 2 is 1.84 bits per heavy atom. The van der Waals surface area contributed by atoms with Gasteiger partial charge in [0.25, 0.3) is 0 Å². The molecule has 1 heterocycles. The van der Waals surface area contributed by atoms with E-state index in [1.807, 2.05) is 24.3 Å². The molecule has 5 N–H and O–H groups in total. The van der Waals surface area contributed by atoms with E-state index >= 15 is 0 Å². The zero-order chi connectivity index (χ0) is 13.7. The zero-order valence-corrected chi connectivity index (χ0v) is 10.6. The smallest absolute Gasteiger partial charge is 0.217 e. The van der Waals surface area contributed by atoms with E-state index in [-0.39, 0.29) is 5.91 Å². The number of para-hydroxylation sites is 2. The largest absolute Gasteiger partial charge is 0.381 e. The molecule has 1 amide bonds. The number of unbranched alkanes of at least 4 members (excludes halogenated alkanes) is 1. The van der Waals surface area contributed by atoms with Crippen molar-refractivity contribution < 1.29 is 4.79 Å². The molecule has 19 heavy (non-hydrogen) atoms. The molecule has 100 valence electrons. The van der Waals surface area contributed by atoms with E-state index in [2.05, 4.69) is 15.3 Å². The van der Waals surface area contributed by atoms with Gasteiger partial charge >= 0.3 is 0 Å². The number of primary amides is 1. The molecule has 0 spiro atoms. The summed E-state index contributed by atoms with van der Waals surface area (Å²) in [7, 11) is 0. The molecule has 2 rings (SSSR count). The van der Waals surface area contributed by atoms with Crippen LogP contribution in [0.1, 0.15) is 19.3 Å². The van der Waals surface area contributed by atoms with E-state index in [4.69, 9.17) is 11.5 Å². The molecule has 0 fully saturated rings. The van der Waals surface area contributed by atoms with Crippen molar-refractivity contribution in [2.45, 2.75) is 19.3 Å². The molecule has 1 aromatic heterocycles. The van der Waals surface area contributed by atoms with Crippen LogP contribution in [0.2, 0.25) is 0 Å². The second-order valence-corrected chi connectivity index (χ2v) is 4.30. The van der Waals surface area contributed by atoms with Crippen molar-refractivity contribution in [3.05, 3.63) is 24.3 Å². The predicted octanol–water partition coefficient (Wildman–Crippen LogP) is 1.28. The third-order valence-corrected chi connectivity index (χ3v) is 2.74. The molecule has 0 aliphatic rings. The van der Waals surface area contributed by atoms with Crippen molar-refractivity contribution >= 4 is 28.6 Å². The number of nitrogens with one attached hydrogen (secondary N) is 1. The number of aromatic nitrogens is 2. The average Bonchev–Trinajstić information content (AvgIpc) is 2.38. The number of hydrogen-bond acceptors (Lipinski definition) is 5. The molecular weight excluding hydrogens is 242 g/mol. The molecule has 0 bridgehead atoms. The molecule has 0 saturated carbocycles. The summed E-state index contributed by atoms with van der Waals surface area (Å²) in [5, 5.41) is 3.13. The second-order valence-electron chi connectivity index (χ2n) is 4.30. The first-order valence-electron chi connectivity index (χ1n) is 6.21. The maximum absolute atomic E-state index is 10.6. The minimum Gasteiger partial charge on any atom is -0.381 e. The molecular formula is C13H17N5O. The van der Waals surface area contributed by atoms with E-state index in [1.165, 1.54) is 0 Å². The van der Waals surface area contributed by atoms with E-state index in [0.717, 1.165) is 23.9 Å². The number of carbonyl (C=O) groups is 1. The lowest BCUT2D eigenvalue weighted by atomic mass is 10.2. The highest BCUT2D eigenvalue weighted by atomic mass is 16.1. The third-order valence-electron chi connectivity index (χ3n) is 2.74. The van der Waals surface area contributed by atoms with Crippen LogP contribution in [0.5, 0.6) is 0 Å². The number of anilines is 2. The third kappa shape index (κ3) is 3.54. The Hall–Kier alpha value is -2.37. The van der Waals surface area contributed by atoms with Gasteiger partial charge in [-0.05, 0) is 25.0 Å². The van der Waals surface area contributed by atoms with Gasteiger partial charge in [0.15, 0.2) is 11.6 Å². The molecule has 0 aliphatic heterocycles. The standard InChI is InChI=1S/C13H17N5O/c14-11(19)7-3-4-8-16-13-12(15)17-9-5-1-2-6-10(9)18-13/h1-2,5-6H,3-4,7-8H2,(H2,14,19)(H2,15,17)(H,16,18). The predicted molar refractivity (Wildman–Crippen MR) is 75.5 cm³/mol. The summed E-state index contributed by atoms with van der Waals surface area (Å²) in [6.07, 6.45) is 1.99. The molecule has 1 aromatic carbocycles. The monoisotopic (exact) mass is 259 g/mol. The van der Waals surface area contributed by atoms with E-state index in [0.29, 0.717) is 24.6 Å². The SMILES string of the molecule is NC(=O)CCCCNc1nc2ccccc2nc1N. The first-order valence-corrected chi connectivity index (χ1v) is 6.21. The summed E-state index contributed by atoms with van der Waals surface area (Å²) in [6, 6.07) is 7.56. The summed E-state index contributed by atoms with van der Waals surface area (Å²) < 4.78 is 0. The van der Waals surface area contributed by atoms with E-state index < -0.39 is 0 Å². The van der Waals surface area contributed by atoms with Crippen LogP contribution in [0.15, 0.2) is 24.3 Å². The van der Waals surface area contributed by atoms with Crippen LogP contribution in [0, 0.1) is 0 Å². The molecule has 0 radical (unpaired) electrons. The number of nitrogens with zero attached hydrogens (tertiary/aromatic N) is 2. The number of nitrogen functional groups attached to an aromatic ring is 1. The normalized spacial score (nSPS) is 10.5. The summed E-state index contributed by atoms with van der Waals surface area (Å²) in [5.41, 5.74) is 12.5. The molecule has 0 aliphatic carbocycles. The van der Waals surface area contributed by atoms with Crippen molar-refractivity contribution in [2.24, 2.45) is 5.73 Å². The van der Waals surface area contributed by atoms with Gasteiger partial charge in [-0.25, -0.2) is 9.97 Å². The van der Waals surface area contributed by atoms with Crippen LogP contribution in [0.25, 0.3) is 11.0 Å². The lowest BCUT2D eigenvalue weighted by Gasteiger charge is -2.08. The maximum Gasteiger partial charge on any atom is 0.217 e. The number of fused-ring (bicyclic) bond motifs is 1. The van der Waals surface area contributed by atoms with Gasteiger partial charge in [-0.15, -0.1) is 0 Å². The number of hydrogen-bond donors (Lipinski definition) is 3. The van der Waals surface area contributed by atoms with Gasteiger partial charge in [0.05, 0.1) is 11.0 Å². The lowest BCUT2D eigenvalue weighted by Crippen LogP contribution is -2.12. The first-order chi connectivity index (χ1) is 9.16. The van der Waals surface area contributed by atoms with Gasteiger partial charge < -0.3 is 16.8 Å². The molecule has 6 heteroatoms. The van der Waals surface area contributed by atoms with Crippen LogP contribution in [0.3, 0.4) is 0 Å². The zero-order valence-electron chi connectivity index (χ0n) is 10.6. The van der Waals surface area contributed by atoms with Gasteiger partial charge in [-0.3, -0.25) is 4.79 Å². The van der Waals surface area contributed by atoms with Crippen LogP contribution in [-0.2, 0) is 4.79 Å². The Labute approximate surface area is 111 Å². The van der Waals surface area contributed by atoms with Crippen molar-refractivity contribution in [3.63, 3.8) is 0 Å². The minimum absolute atomic E-state index is 0.273. The number of rotatable bonds is 6. The number of amides is 1. The molecule has 0 saturated heterocycles. The minimum atomic E-state index is -0.273. The van der Waals surface area contributed by atoms with Crippen molar-refractivity contribution in [3.8, 4) is 0 Å². The second kappa shape index (κ2) is 5.99. The fourth-order valence-electron chi connectivity index (χ4n) is 1.77. The maximum atomic E-state index is 10.6. The van der Waals surface area contributed by atoms with Crippen molar-refractivity contribution in [1.82, 2.24) is 9.97 Å². The lowest BCUT2D eigenvalue weighted by molar-refractivity contribution is -0.118. The molecule has 2 aromatic rings. The van der Waals surface area contributed by atoms with E-state index in [1.54, 1.807) is 0 Å². The highest BCUT2D eigenvalue weighted by Crippen LogP contribution is 2.18. The highest BCUT2D eigenvalue weighted by molar-refractivity contribution is 5.79. The van der Waals surface area contributed by atoms with Crippen molar-refractivity contribution in [1.29, 1.82) is 0 Å². The Bertz CT molecular complexity index is 584. The Morgan fingerprint density at radius 3 is 2.53 bits per heavy atom. The van der Waals surface area contributed by atoms with E-state index in [9.17, 15) is 4.79 Å². The van der Waals surface area contributed by atoms with Crippen LogP contribution >= 0.6 is 0 Å². The highest BCUT2D eigenvalue weighted by Gasteiger charge is 2.04. The van der Waals surface area contributed by atoms with Gasteiger partial charge in [0.1, 0.15) is 0 Å². The fourth-order valence-corrected chi connectivity index (χ4v) is 1.77. The average molecular weight is 259 g/mol. The molecule has 6 nitrogen and oxygen atoms in total. The number of carbonyl (C=O) groups excluding carboxylic acids is 1. The molecule has 0 atom stereocenters. The summed E-state index contributed by atoms with van der Waals surface area (Å²) >= 11 is 0. The Morgan fingerprint density at radius 1 is 1.16 bits per heavy atom. The van der Waals surface area contributed by atoms with Crippen LogP contribution < -0.4 is 16.8 Å². The molecule has 0 unspecified atom stereocenters. The summed E-state index contributed by atoms with van der Waals surface area (Å²) in [4.78, 5) is 19.3. The van der Waals surface area contributed by atoms with Gasteiger partial charge in [-0.1, -0.05) is 12.1 Å². The van der Waals surface area contributed by atoms with Gasteiger partial charge in [0, 0.05) is 13.0 Å². The van der Waals surface area contributed by atoms with Gasteiger partial charge in [0.2, 0.25) is 5.91 Å². The topological polar surface area (TPSA) is 107 Å². The Kier molecular flexibility index (Phi) is 4.12. The summed E-state index contributed by atoms with van der Waals surface area (Å²) in [5.74, 6) is 0.691. The first kappa shape index (κ1) is 13.1. The number of benzene rings is 1. The summed E-state index contributed by atoms with van der Waals surface area (Å²) in [6.45, 7) is 0.685. The van der Waals surface area contributed by atoms with Crippen LogP contribution in [0.4, 0.5) is 11.6 Å². The quantitative estimate of drug-likeness (QED) is 0.677. The Balaban J connectivity index is 1.96. The fraction of sp³-hybridized carbons (Fsp3) is 0.308. The number of nitrogens with two attached hydrogens (primary N) is 2. The van der Waals surface area contributed by atoms with Crippen molar-refractivity contribution in [2.75, 3.05) is 17.6 Å². The van der Waals surface area contributed by atoms with Gasteiger partial charge in [-0.2, -0.15) is 0 Å².